The highest BCUT2D eigenvalue weighted by molar-refractivity contribution is 5.97. The van der Waals surface area contributed by atoms with Crippen molar-refractivity contribution < 1.29 is 4.79 Å². The minimum atomic E-state index is 0.140. The highest BCUT2D eigenvalue weighted by Crippen LogP contribution is 2.12. The Morgan fingerprint density at radius 3 is 2.65 bits per heavy atom. The number of ketones is 1. The molecule has 0 unspecified atom stereocenters. The van der Waals surface area contributed by atoms with Crippen LogP contribution in [0.2, 0.25) is 0 Å². The molecule has 0 fully saturated rings. The average Bonchev–Trinajstić information content (AvgIpc) is 2.68. The van der Waals surface area contributed by atoms with Crippen molar-refractivity contribution in [3.05, 3.63) is 52.8 Å². The average molecular weight is 228 g/mol. The second-order valence-electron chi connectivity index (χ2n) is 4.42. The standard InChI is InChI=1S/C14H16N2O/c1-10-4-5-13(6-11(10)2)14(17)7-12-8-15-16(3)9-12/h4-6,8-9H,7H2,1-3H3. The van der Waals surface area contributed by atoms with E-state index in [-0.39, 0.29) is 5.78 Å². The van der Waals surface area contributed by atoms with E-state index >= 15 is 0 Å². The lowest BCUT2D eigenvalue weighted by Gasteiger charge is -2.03. The van der Waals surface area contributed by atoms with E-state index in [9.17, 15) is 4.79 Å². The summed E-state index contributed by atoms with van der Waals surface area (Å²) in [5, 5.41) is 4.06. The Bertz CT molecular complexity index is 555. The van der Waals surface area contributed by atoms with Gasteiger partial charge in [0.25, 0.3) is 0 Å². The van der Waals surface area contributed by atoms with Gasteiger partial charge in [-0.05, 0) is 36.6 Å². The maximum absolute atomic E-state index is 12.0. The molecule has 0 saturated heterocycles. The van der Waals surface area contributed by atoms with Crippen LogP contribution < -0.4 is 0 Å². The zero-order valence-corrected chi connectivity index (χ0v) is 10.4. The first-order valence-corrected chi connectivity index (χ1v) is 5.64. The van der Waals surface area contributed by atoms with Crippen LogP contribution in [-0.4, -0.2) is 15.6 Å². The molecule has 2 aromatic rings. The molecule has 0 aliphatic carbocycles. The van der Waals surface area contributed by atoms with E-state index in [1.54, 1.807) is 10.9 Å². The van der Waals surface area contributed by atoms with E-state index < -0.39 is 0 Å². The summed E-state index contributed by atoms with van der Waals surface area (Å²) < 4.78 is 1.71. The van der Waals surface area contributed by atoms with Gasteiger partial charge in [-0.1, -0.05) is 12.1 Å². The lowest BCUT2D eigenvalue weighted by Crippen LogP contribution is -2.03. The quantitative estimate of drug-likeness (QED) is 0.756. The van der Waals surface area contributed by atoms with Gasteiger partial charge in [0, 0.05) is 25.2 Å². The van der Waals surface area contributed by atoms with Crippen LogP contribution in [0.15, 0.2) is 30.6 Å². The number of aryl methyl sites for hydroxylation is 3. The number of nitrogens with zero attached hydrogens (tertiary/aromatic N) is 2. The van der Waals surface area contributed by atoms with E-state index in [2.05, 4.69) is 5.10 Å². The molecule has 0 radical (unpaired) electrons. The SMILES string of the molecule is Cc1ccc(C(=O)Cc2cnn(C)c2)cc1C. The first-order chi connectivity index (χ1) is 8.06. The van der Waals surface area contributed by atoms with Gasteiger partial charge in [0.1, 0.15) is 0 Å². The Morgan fingerprint density at radius 1 is 1.29 bits per heavy atom. The summed E-state index contributed by atoms with van der Waals surface area (Å²) in [7, 11) is 1.85. The third kappa shape index (κ3) is 2.61. The molecule has 1 heterocycles. The molecule has 1 aromatic heterocycles. The summed E-state index contributed by atoms with van der Waals surface area (Å²) in [6.07, 6.45) is 4.02. The Labute approximate surface area is 101 Å². The fourth-order valence-corrected chi connectivity index (χ4v) is 1.77. The summed E-state index contributed by atoms with van der Waals surface area (Å²) in [5.74, 6) is 0.140. The van der Waals surface area contributed by atoms with Crippen LogP contribution in [0.1, 0.15) is 27.0 Å². The predicted molar refractivity (Wildman–Crippen MR) is 67.2 cm³/mol. The van der Waals surface area contributed by atoms with E-state index in [4.69, 9.17) is 0 Å². The monoisotopic (exact) mass is 228 g/mol. The maximum atomic E-state index is 12.0. The molecule has 0 aliphatic heterocycles. The first-order valence-electron chi connectivity index (χ1n) is 5.64. The number of carbonyl (C=O) groups is 1. The molecule has 88 valence electrons. The third-order valence-electron chi connectivity index (χ3n) is 2.95. The van der Waals surface area contributed by atoms with Crippen molar-refractivity contribution >= 4 is 5.78 Å². The zero-order valence-electron chi connectivity index (χ0n) is 10.4. The number of aromatic nitrogens is 2. The molecule has 2 rings (SSSR count). The van der Waals surface area contributed by atoms with Gasteiger partial charge in [0.05, 0.1) is 6.20 Å². The third-order valence-corrected chi connectivity index (χ3v) is 2.95. The highest BCUT2D eigenvalue weighted by Gasteiger charge is 2.09. The predicted octanol–water partition coefficient (Wildman–Crippen LogP) is 2.46. The molecule has 0 bridgehead atoms. The van der Waals surface area contributed by atoms with Gasteiger partial charge in [-0.3, -0.25) is 9.48 Å². The molecule has 0 amide bonds. The van der Waals surface area contributed by atoms with Crippen LogP contribution >= 0.6 is 0 Å². The molecule has 17 heavy (non-hydrogen) atoms. The van der Waals surface area contributed by atoms with Gasteiger partial charge in [0.15, 0.2) is 5.78 Å². The molecular weight excluding hydrogens is 212 g/mol. The van der Waals surface area contributed by atoms with E-state index in [0.717, 1.165) is 16.7 Å². The van der Waals surface area contributed by atoms with Crippen LogP contribution in [0.5, 0.6) is 0 Å². The van der Waals surface area contributed by atoms with Crippen molar-refractivity contribution in [1.82, 2.24) is 9.78 Å². The second-order valence-corrected chi connectivity index (χ2v) is 4.42. The molecule has 0 spiro atoms. The minimum absolute atomic E-state index is 0.140. The summed E-state index contributed by atoms with van der Waals surface area (Å²) in [4.78, 5) is 12.0. The van der Waals surface area contributed by atoms with E-state index in [1.807, 2.05) is 45.3 Å². The molecule has 0 atom stereocenters. The number of benzene rings is 1. The number of carbonyl (C=O) groups excluding carboxylic acids is 1. The van der Waals surface area contributed by atoms with Gasteiger partial charge in [-0.2, -0.15) is 5.10 Å². The summed E-state index contributed by atoms with van der Waals surface area (Å²) >= 11 is 0. The molecular formula is C14H16N2O. The number of Topliss-reactive ketones (excluding diaryl/α,β-unsaturated/α-hetero) is 1. The number of rotatable bonds is 3. The van der Waals surface area contributed by atoms with Crippen molar-refractivity contribution in [2.45, 2.75) is 20.3 Å². The van der Waals surface area contributed by atoms with Gasteiger partial charge in [0.2, 0.25) is 0 Å². The van der Waals surface area contributed by atoms with Gasteiger partial charge >= 0.3 is 0 Å². The van der Waals surface area contributed by atoms with Gasteiger partial charge in [-0.15, -0.1) is 0 Å². The van der Waals surface area contributed by atoms with Crippen molar-refractivity contribution in [3.8, 4) is 0 Å². The van der Waals surface area contributed by atoms with Gasteiger partial charge < -0.3 is 0 Å². The van der Waals surface area contributed by atoms with Crippen molar-refractivity contribution in [3.63, 3.8) is 0 Å². The van der Waals surface area contributed by atoms with Crippen LogP contribution in [0.4, 0.5) is 0 Å². The molecule has 0 saturated carbocycles. The van der Waals surface area contributed by atoms with Crippen LogP contribution in [0.25, 0.3) is 0 Å². The number of hydrogen-bond donors (Lipinski definition) is 0. The Morgan fingerprint density at radius 2 is 2.06 bits per heavy atom. The van der Waals surface area contributed by atoms with Crippen LogP contribution in [-0.2, 0) is 13.5 Å². The normalized spacial score (nSPS) is 10.5. The topological polar surface area (TPSA) is 34.9 Å². The fraction of sp³-hybridized carbons (Fsp3) is 0.286. The Kier molecular flexibility index (Phi) is 3.09. The summed E-state index contributed by atoms with van der Waals surface area (Å²) in [5.41, 5.74) is 4.10. The minimum Gasteiger partial charge on any atom is -0.294 e. The van der Waals surface area contributed by atoms with E-state index in [1.165, 1.54) is 5.56 Å². The van der Waals surface area contributed by atoms with E-state index in [0.29, 0.717) is 6.42 Å². The maximum Gasteiger partial charge on any atom is 0.167 e. The van der Waals surface area contributed by atoms with Crippen molar-refractivity contribution in [1.29, 1.82) is 0 Å². The number of hydrogen-bond acceptors (Lipinski definition) is 2. The molecule has 0 N–H and O–H groups in total. The first kappa shape index (κ1) is 11.6. The van der Waals surface area contributed by atoms with Crippen molar-refractivity contribution in [2.75, 3.05) is 0 Å². The largest absolute Gasteiger partial charge is 0.294 e. The lowest BCUT2D eigenvalue weighted by molar-refractivity contribution is 0.0993. The van der Waals surface area contributed by atoms with Gasteiger partial charge in [-0.25, -0.2) is 0 Å². The summed E-state index contributed by atoms with van der Waals surface area (Å²) in [6, 6.07) is 5.83. The molecule has 0 aliphatic rings. The summed E-state index contributed by atoms with van der Waals surface area (Å²) in [6.45, 7) is 4.07. The molecule has 1 aromatic carbocycles. The molecule has 3 nitrogen and oxygen atoms in total. The smallest absolute Gasteiger partial charge is 0.167 e. The van der Waals surface area contributed by atoms with Crippen LogP contribution in [0.3, 0.4) is 0 Å². The second kappa shape index (κ2) is 4.53. The Hall–Kier alpha value is -1.90. The Balaban J connectivity index is 2.17. The zero-order chi connectivity index (χ0) is 12.4. The molecule has 3 heteroatoms. The van der Waals surface area contributed by atoms with Crippen LogP contribution in [0, 0.1) is 13.8 Å². The highest BCUT2D eigenvalue weighted by atomic mass is 16.1. The van der Waals surface area contributed by atoms with Crippen molar-refractivity contribution in [2.24, 2.45) is 7.05 Å². The fourth-order valence-electron chi connectivity index (χ4n) is 1.77. The lowest BCUT2D eigenvalue weighted by atomic mass is 10.0.